The SMILES string of the molecule is NS(=O)(=O)c1ccc(NC(=S)N[C@H](Cc2cnc[nH]2)C(=O)O)cc1. The number of nitrogens with two attached hydrogens (primary N) is 1. The number of carbonyl (C=O) groups is 1. The molecule has 0 radical (unpaired) electrons. The van der Waals surface area contributed by atoms with Crippen molar-refractivity contribution in [2.24, 2.45) is 5.14 Å². The second kappa shape index (κ2) is 7.38. The van der Waals surface area contributed by atoms with Crippen molar-refractivity contribution in [3.05, 3.63) is 42.5 Å². The Labute approximate surface area is 143 Å². The quantitative estimate of drug-likeness (QED) is 0.448. The van der Waals surface area contributed by atoms with Crippen molar-refractivity contribution in [1.82, 2.24) is 15.3 Å². The maximum absolute atomic E-state index is 11.3. The molecule has 0 aliphatic heterocycles. The summed E-state index contributed by atoms with van der Waals surface area (Å²) in [6.45, 7) is 0. The number of nitrogens with zero attached hydrogens (tertiary/aromatic N) is 1. The number of hydrogen-bond donors (Lipinski definition) is 5. The van der Waals surface area contributed by atoms with Gasteiger partial charge in [-0.3, -0.25) is 0 Å². The standard InChI is InChI=1S/C13H15N5O4S2/c14-24(21,22)10-3-1-8(2-4-10)17-13(23)18-11(12(19)20)5-9-6-15-7-16-9/h1-4,6-7,11H,5H2,(H,15,16)(H,19,20)(H2,14,21,22)(H2,17,18,23)/t11-/m1/s1. The molecule has 0 fully saturated rings. The number of carboxylic acid groups (broad SMARTS) is 1. The first-order valence-electron chi connectivity index (χ1n) is 6.66. The fourth-order valence-electron chi connectivity index (χ4n) is 1.87. The number of nitrogens with one attached hydrogen (secondary N) is 3. The molecule has 1 heterocycles. The minimum atomic E-state index is -3.77. The summed E-state index contributed by atoms with van der Waals surface area (Å²) < 4.78 is 22.4. The molecule has 1 aromatic carbocycles. The van der Waals surface area contributed by atoms with E-state index in [2.05, 4.69) is 20.6 Å². The lowest BCUT2D eigenvalue weighted by molar-refractivity contribution is -0.139. The van der Waals surface area contributed by atoms with Crippen LogP contribution in [0, 0.1) is 0 Å². The summed E-state index contributed by atoms with van der Waals surface area (Å²) in [4.78, 5) is 17.9. The number of hydrogen-bond acceptors (Lipinski definition) is 5. The summed E-state index contributed by atoms with van der Waals surface area (Å²) in [6.07, 6.45) is 3.15. The lowest BCUT2D eigenvalue weighted by atomic mass is 10.2. The van der Waals surface area contributed by atoms with Crippen molar-refractivity contribution in [2.45, 2.75) is 17.4 Å². The summed E-state index contributed by atoms with van der Waals surface area (Å²) >= 11 is 5.08. The summed E-state index contributed by atoms with van der Waals surface area (Å²) in [6, 6.07) is 4.63. The normalized spacial score (nSPS) is 12.4. The highest BCUT2D eigenvalue weighted by Gasteiger charge is 2.19. The topological polar surface area (TPSA) is 150 Å². The van der Waals surface area contributed by atoms with E-state index in [1.807, 2.05) is 0 Å². The smallest absolute Gasteiger partial charge is 0.326 e. The number of thiocarbonyl (C=S) groups is 1. The highest BCUT2D eigenvalue weighted by Crippen LogP contribution is 2.12. The van der Waals surface area contributed by atoms with Crippen LogP contribution in [-0.4, -0.2) is 40.6 Å². The average Bonchev–Trinajstić information content (AvgIpc) is 2.99. The number of benzene rings is 1. The van der Waals surface area contributed by atoms with Gasteiger partial charge < -0.3 is 20.7 Å². The Kier molecular flexibility index (Phi) is 5.49. The van der Waals surface area contributed by atoms with Crippen molar-refractivity contribution in [3.63, 3.8) is 0 Å². The van der Waals surface area contributed by atoms with E-state index in [0.29, 0.717) is 11.4 Å². The molecule has 0 aliphatic carbocycles. The third-order valence-corrected chi connectivity index (χ3v) is 4.17. The number of rotatable bonds is 6. The number of sulfonamides is 1. The van der Waals surface area contributed by atoms with Crippen molar-refractivity contribution in [2.75, 3.05) is 5.32 Å². The Balaban J connectivity index is 1.99. The van der Waals surface area contributed by atoms with E-state index in [1.165, 1.54) is 36.8 Å². The Hall–Kier alpha value is -2.50. The molecule has 9 nitrogen and oxygen atoms in total. The minimum absolute atomic E-state index is 0.0328. The van der Waals surface area contributed by atoms with Gasteiger partial charge in [0, 0.05) is 24.0 Å². The molecule has 2 aromatic rings. The zero-order chi connectivity index (χ0) is 17.7. The van der Waals surface area contributed by atoms with E-state index in [9.17, 15) is 18.3 Å². The van der Waals surface area contributed by atoms with Crippen LogP contribution in [0.2, 0.25) is 0 Å². The van der Waals surface area contributed by atoms with Gasteiger partial charge in [0.2, 0.25) is 10.0 Å². The van der Waals surface area contributed by atoms with E-state index in [1.54, 1.807) is 0 Å². The van der Waals surface area contributed by atoms with Crippen LogP contribution < -0.4 is 15.8 Å². The number of aliphatic carboxylic acids is 1. The van der Waals surface area contributed by atoms with Crippen LogP contribution in [0.25, 0.3) is 0 Å². The maximum atomic E-state index is 11.3. The van der Waals surface area contributed by atoms with Crippen LogP contribution in [0.5, 0.6) is 0 Å². The fraction of sp³-hybridized carbons (Fsp3) is 0.154. The number of anilines is 1. The van der Waals surface area contributed by atoms with Crippen LogP contribution in [0.1, 0.15) is 5.69 Å². The summed E-state index contributed by atoms with van der Waals surface area (Å²) in [7, 11) is -3.77. The molecule has 0 bridgehead atoms. The van der Waals surface area contributed by atoms with Gasteiger partial charge in [-0.25, -0.2) is 23.3 Å². The van der Waals surface area contributed by atoms with Crippen molar-refractivity contribution >= 4 is 39.0 Å². The van der Waals surface area contributed by atoms with E-state index in [4.69, 9.17) is 17.4 Å². The molecule has 24 heavy (non-hydrogen) atoms. The third kappa shape index (κ3) is 5.01. The van der Waals surface area contributed by atoms with Crippen LogP contribution in [0.15, 0.2) is 41.7 Å². The molecule has 0 spiro atoms. The van der Waals surface area contributed by atoms with Gasteiger partial charge in [0.1, 0.15) is 6.04 Å². The number of primary sulfonamides is 1. The van der Waals surface area contributed by atoms with Gasteiger partial charge in [-0.1, -0.05) is 0 Å². The summed E-state index contributed by atoms with van der Waals surface area (Å²) in [5.74, 6) is -1.07. The first kappa shape index (κ1) is 17.8. The highest BCUT2D eigenvalue weighted by atomic mass is 32.2. The highest BCUT2D eigenvalue weighted by molar-refractivity contribution is 7.89. The number of imidazole rings is 1. The van der Waals surface area contributed by atoms with E-state index in [-0.39, 0.29) is 16.4 Å². The fourth-order valence-corrected chi connectivity index (χ4v) is 2.65. The molecular formula is C13H15N5O4S2. The zero-order valence-electron chi connectivity index (χ0n) is 12.3. The van der Waals surface area contributed by atoms with Gasteiger partial charge in [0.25, 0.3) is 0 Å². The Morgan fingerprint density at radius 2 is 2.04 bits per heavy atom. The summed E-state index contributed by atoms with van der Waals surface area (Å²) in [5.41, 5.74) is 1.14. The van der Waals surface area contributed by atoms with Crippen molar-refractivity contribution in [3.8, 4) is 0 Å². The van der Waals surface area contributed by atoms with Gasteiger partial charge in [0.15, 0.2) is 5.11 Å². The molecule has 0 saturated carbocycles. The predicted octanol–water partition coefficient (Wildman–Crippen LogP) is 0.0394. The van der Waals surface area contributed by atoms with E-state index >= 15 is 0 Å². The molecule has 128 valence electrons. The lowest BCUT2D eigenvalue weighted by Crippen LogP contribution is -2.44. The molecule has 1 aromatic heterocycles. The molecule has 6 N–H and O–H groups in total. The van der Waals surface area contributed by atoms with Gasteiger partial charge in [0.05, 0.1) is 11.2 Å². The first-order valence-corrected chi connectivity index (χ1v) is 8.61. The molecule has 2 rings (SSSR count). The van der Waals surface area contributed by atoms with Crippen LogP contribution in [-0.2, 0) is 21.2 Å². The number of H-pyrrole nitrogens is 1. The average molecular weight is 369 g/mol. The minimum Gasteiger partial charge on any atom is -0.480 e. The monoisotopic (exact) mass is 369 g/mol. The molecule has 1 atom stereocenters. The zero-order valence-corrected chi connectivity index (χ0v) is 13.9. The molecule has 0 saturated heterocycles. The second-order valence-corrected chi connectivity index (χ2v) is 6.81. The number of carboxylic acids is 1. The van der Waals surface area contributed by atoms with Crippen LogP contribution in [0.3, 0.4) is 0 Å². The van der Waals surface area contributed by atoms with Crippen molar-refractivity contribution in [1.29, 1.82) is 0 Å². The van der Waals surface area contributed by atoms with E-state index in [0.717, 1.165) is 0 Å². The second-order valence-electron chi connectivity index (χ2n) is 4.84. The molecule has 0 aliphatic rings. The van der Waals surface area contributed by atoms with Gasteiger partial charge in [-0.2, -0.15) is 0 Å². The largest absolute Gasteiger partial charge is 0.480 e. The molecule has 0 amide bonds. The predicted molar refractivity (Wildman–Crippen MR) is 90.9 cm³/mol. The van der Waals surface area contributed by atoms with Gasteiger partial charge in [-0.05, 0) is 36.5 Å². The summed E-state index contributed by atoms with van der Waals surface area (Å²) in [5, 5.41) is 19.8. The molecular weight excluding hydrogens is 354 g/mol. The molecule has 11 heteroatoms. The van der Waals surface area contributed by atoms with E-state index < -0.39 is 22.0 Å². The third-order valence-electron chi connectivity index (χ3n) is 3.02. The number of aromatic nitrogens is 2. The lowest BCUT2D eigenvalue weighted by Gasteiger charge is -2.16. The number of aromatic amines is 1. The van der Waals surface area contributed by atoms with Crippen LogP contribution >= 0.6 is 12.2 Å². The van der Waals surface area contributed by atoms with Crippen LogP contribution in [0.4, 0.5) is 5.69 Å². The Morgan fingerprint density at radius 3 is 2.54 bits per heavy atom. The Morgan fingerprint density at radius 1 is 1.38 bits per heavy atom. The maximum Gasteiger partial charge on any atom is 0.326 e. The Bertz CT molecular complexity index is 819. The van der Waals surface area contributed by atoms with Gasteiger partial charge >= 0.3 is 5.97 Å². The van der Waals surface area contributed by atoms with Crippen molar-refractivity contribution < 1.29 is 18.3 Å². The molecule has 0 unspecified atom stereocenters. The van der Waals surface area contributed by atoms with Gasteiger partial charge in [-0.15, -0.1) is 0 Å². The first-order chi connectivity index (χ1) is 11.3.